The van der Waals surface area contributed by atoms with E-state index in [4.69, 9.17) is 111 Å². The van der Waals surface area contributed by atoms with Crippen molar-refractivity contribution in [2.24, 2.45) is 0 Å². The maximum atomic E-state index is 12.4. The summed E-state index contributed by atoms with van der Waals surface area (Å²) in [5.41, 5.74) is 30.5. The first kappa shape index (κ1) is 99.7. The number of carbonyl (C=O) groups is 2. The predicted molar refractivity (Wildman–Crippen MR) is 512 cm³/mol. The molecule has 0 aromatic carbocycles. The number of hydrogen-bond acceptors (Lipinski definition) is 37. The molecular weight excluding hydrogens is 2010 g/mol. The highest BCUT2D eigenvalue weighted by atomic mass is 79.9. The molecule has 0 radical (unpaired) electrons. The number of aromatic nitrogens is 16. The van der Waals surface area contributed by atoms with Gasteiger partial charge < -0.3 is 93.8 Å². The molecule has 6 fully saturated rings. The molecule has 0 spiro atoms. The maximum Gasteiger partial charge on any atom is 0.531 e. The van der Waals surface area contributed by atoms with E-state index in [-0.39, 0.29) is 51.7 Å². The lowest BCUT2D eigenvalue weighted by Crippen LogP contribution is -3.16. The molecule has 6 aliphatic rings. The van der Waals surface area contributed by atoms with Gasteiger partial charge in [-0.1, -0.05) is 11.6 Å². The van der Waals surface area contributed by atoms with Gasteiger partial charge >= 0.3 is 26.3 Å². The summed E-state index contributed by atoms with van der Waals surface area (Å²) in [6, 6.07) is 0. The van der Waals surface area contributed by atoms with E-state index < -0.39 is 37.8 Å². The van der Waals surface area contributed by atoms with E-state index in [1.54, 1.807) is 97.9 Å². The average Bonchev–Trinajstić information content (AvgIpc) is 1.67. The summed E-state index contributed by atoms with van der Waals surface area (Å²) in [5.74, 6) is 2.34. The molecule has 0 bridgehead atoms. The summed E-state index contributed by atoms with van der Waals surface area (Å²) in [6.07, 6.45) is 11.8. The fraction of sp³-hybridized carbons (Fsp3) is 0.462. The number of piperazine rings is 2. The molecule has 2 amide bonds. The molecule has 129 heavy (non-hydrogen) atoms. The quantitative estimate of drug-likeness (QED) is 0.0421. The summed E-state index contributed by atoms with van der Waals surface area (Å²) < 4.78 is 81.6. The van der Waals surface area contributed by atoms with Crippen LogP contribution in [0.25, 0.3) is 74.6 Å². The Kier molecular flexibility index (Phi) is 34.4. The third-order valence-corrected chi connectivity index (χ3v) is 27.4. The zero-order valence-corrected chi connectivity index (χ0v) is 82.3. The van der Waals surface area contributed by atoms with Crippen LogP contribution in [0.5, 0.6) is 0 Å². The van der Waals surface area contributed by atoms with Gasteiger partial charge in [0.25, 0.3) is 0 Å². The Bertz CT molecular complexity index is 5740. The van der Waals surface area contributed by atoms with Gasteiger partial charge in [-0.2, -0.15) is 0 Å². The second-order valence-corrected chi connectivity index (χ2v) is 39.6. The van der Waals surface area contributed by atoms with E-state index in [1.165, 1.54) is 27.6 Å². The Morgan fingerprint density at radius 2 is 0.860 bits per heavy atom. The third kappa shape index (κ3) is 27.9. The van der Waals surface area contributed by atoms with Crippen molar-refractivity contribution in [3.63, 3.8) is 0 Å². The number of hydrogen-bond donors (Lipinski definition) is 6. The first-order valence-electron chi connectivity index (χ1n) is 40.6. The van der Waals surface area contributed by atoms with Crippen molar-refractivity contribution >= 4 is 236 Å². The van der Waals surface area contributed by atoms with Gasteiger partial charge in [-0.05, 0) is 146 Å². The zero-order chi connectivity index (χ0) is 92.7. The summed E-state index contributed by atoms with van der Waals surface area (Å²) in [5, 5.41) is 11.9. The Balaban J connectivity index is 0.000000143. The molecule has 18 rings (SSSR count). The second-order valence-electron chi connectivity index (χ2n) is 32.5. The van der Waals surface area contributed by atoms with Crippen LogP contribution in [0, 0.1) is 0 Å². The molecule has 6 saturated heterocycles. The van der Waals surface area contributed by atoms with Gasteiger partial charge in [0, 0.05) is 165 Å². The summed E-state index contributed by atoms with van der Waals surface area (Å²) in [4.78, 5) is 102. The van der Waals surface area contributed by atoms with Crippen LogP contribution in [0.3, 0.4) is 0 Å². The highest BCUT2D eigenvalue weighted by molar-refractivity contribution is 9.11. The Hall–Kier alpha value is -8.27. The molecular formula is C78H96B2Br3Cl3F3N27O9S4. The Morgan fingerprint density at radius 1 is 0.496 bits per heavy atom. The summed E-state index contributed by atoms with van der Waals surface area (Å²) >= 11 is 34.0. The molecule has 10 N–H and O–H groups in total. The predicted octanol–water partition coefficient (Wildman–Crippen LogP) is 12.3. The number of halogens is 9. The van der Waals surface area contributed by atoms with Crippen LogP contribution < -0.4 is 48.4 Å². The number of rotatable bonds is 10. The average molecular weight is 2110 g/mol. The molecule has 51 heteroatoms. The number of carbonyl (C=O) groups excluding carboxylic acids is 2. The van der Waals surface area contributed by atoms with E-state index in [9.17, 15) is 22.5 Å². The van der Waals surface area contributed by atoms with Crippen molar-refractivity contribution in [2.75, 3.05) is 170 Å². The maximum absolute atomic E-state index is 12.4. The lowest BCUT2D eigenvalue weighted by molar-refractivity contribution is -0.895. The third-order valence-electron chi connectivity index (χ3n) is 20.0. The molecule has 36 nitrogen and oxygen atoms in total. The molecule has 0 atom stereocenters. The van der Waals surface area contributed by atoms with Crippen LogP contribution in [-0.2, 0) is 39.5 Å². The van der Waals surface area contributed by atoms with Crippen molar-refractivity contribution in [3.05, 3.63) is 106 Å². The number of thiophene rings is 4. The standard InChI is InChI=1S/C24H32N8O3S.C14H13BrN6OS.C10H19BF3N2O2.C10H16BN3O2.C10H5BrClN5S.C6HBrCl2N2S.C4H9NO/c1-24(2,3)35-23(33)32-6-4-30(5-7-32)14-17-15-36-20-18(16-12-26-21(25)27-13-16)28-22(29-19(17)20)31-8-10-34-11-9-31;15-9-7-23-12-10(8-5-17-13(16)18-6-8)19-14(20-11(9)12)21-1-3-22-4-2-21;1-10(2,3)18-9(17)16-6-4-15(5-7-16)8-11(12,13)14;1-9(2)10(3,4)16-11(15-9)7-5-13-8(12)14-6-7;11-5-3-18-8-6(16-9(12)17-7(5)8)4-1-14-10(13)15-2-4;7-2-1-12-4-3(2)10-6(9)11-5(4)8;1-3-6-4-2-5-1/h12-13,15H,4-11,14H2,1-3H3,(H2,25,26,27);5-7H,1-4H2,(H2,16,17,18);4-8H2,1-3H3;5-6H,1-4H3,(H2,12,13,14);1-3H,(H2,13,14,15);1H;5H,1-4H2/q;;-1;;;;/p+1. The van der Waals surface area contributed by atoms with Crippen LogP contribution in [0.1, 0.15) is 74.8 Å². The topological polar surface area (TPSA) is 442 Å². The number of fused-ring (bicyclic) bond motifs is 4. The van der Waals surface area contributed by atoms with Gasteiger partial charge in [-0.15, -0.1) is 45.3 Å². The number of nitrogens with zero attached hydrogens (tertiary/aromatic N) is 21. The molecule has 0 saturated carbocycles. The molecule has 18 heterocycles. The summed E-state index contributed by atoms with van der Waals surface area (Å²) in [7, 11) is -0.425. The molecule has 6 aliphatic heterocycles. The van der Waals surface area contributed by atoms with Crippen molar-refractivity contribution in [1.29, 1.82) is 0 Å². The number of morpholine rings is 3. The minimum Gasteiger partial charge on any atom is -0.445 e. The normalized spacial score (nSPS) is 16.7. The van der Waals surface area contributed by atoms with Gasteiger partial charge in [0.2, 0.25) is 46.3 Å². The van der Waals surface area contributed by atoms with Crippen molar-refractivity contribution in [2.45, 2.75) is 98.2 Å². The highest BCUT2D eigenvalue weighted by Crippen LogP contribution is 2.41. The molecule has 12 aromatic heterocycles. The van der Waals surface area contributed by atoms with Crippen molar-refractivity contribution in [3.8, 4) is 33.8 Å². The number of amides is 2. The van der Waals surface area contributed by atoms with Gasteiger partial charge in [0.05, 0.1) is 138 Å². The minimum atomic E-state index is -4.76. The SMILES string of the molecule is C1COCCN1.CC(C)(C)OC(=O)N1CCN(Cc2csc3c(-c4cnc(N)nc4)nc(N4CCOCC4)nc23)CC1.CC(C)(C)OC(=O)N1CC[NH+](C[B-](F)(F)F)CC1.CC1(C)OB(c2cnc(N)nc2)OC1(C)C.Clc1nc(Cl)c2scc(Br)c2n1.Nc1ncc(-c2nc(Cl)nc3c(Br)csc23)cn1.Nc1ncc(-c2nc(N3CCOCC3)nc3c(Br)csc23)cn1. The number of anilines is 6. The highest BCUT2D eigenvalue weighted by Gasteiger charge is 2.52. The van der Waals surface area contributed by atoms with E-state index in [0.29, 0.717) is 93.3 Å². The van der Waals surface area contributed by atoms with Crippen LogP contribution in [0.4, 0.5) is 58.2 Å². The van der Waals surface area contributed by atoms with Crippen molar-refractivity contribution < 1.29 is 60.4 Å². The van der Waals surface area contributed by atoms with E-state index >= 15 is 0 Å². The van der Waals surface area contributed by atoms with Gasteiger partial charge in [-0.25, -0.2) is 89.3 Å². The molecule has 0 aliphatic carbocycles. The minimum absolute atomic E-state index is 0.173. The largest absolute Gasteiger partial charge is 0.531 e. The monoisotopic (exact) mass is 2100 g/mol. The lowest BCUT2D eigenvalue weighted by Gasteiger charge is -2.35. The zero-order valence-electron chi connectivity index (χ0n) is 72.0. The second kappa shape index (κ2) is 44.5. The molecule has 12 aromatic rings. The first-order valence-corrected chi connectivity index (χ1v) is 47.7. The number of quaternary nitrogens is 1. The Labute approximate surface area is 798 Å². The molecule has 690 valence electrons. The first-order chi connectivity index (χ1) is 61.2. The number of nitrogen functional groups attached to an aromatic ring is 4. The van der Waals surface area contributed by atoms with Gasteiger partial charge in [-0.3, -0.25) is 9.80 Å². The number of nitrogens with two attached hydrogens (primary N) is 4. The van der Waals surface area contributed by atoms with Gasteiger partial charge in [0.15, 0.2) is 5.15 Å². The van der Waals surface area contributed by atoms with E-state index in [1.807, 2.05) is 64.6 Å². The number of ether oxygens (including phenoxy) is 5. The van der Waals surface area contributed by atoms with E-state index in [2.05, 4.69) is 133 Å². The fourth-order valence-electron chi connectivity index (χ4n) is 12.9. The van der Waals surface area contributed by atoms with Crippen LogP contribution >= 0.6 is 128 Å². The van der Waals surface area contributed by atoms with Crippen LogP contribution in [-0.4, -0.2) is 281 Å². The van der Waals surface area contributed by atoms with Crippen LogP contribution in [0.15, 0.2) is 84.5 Å². The lowest BCUT2D eigenvalue weighted by atomic mass is 9.81. The van der Waals surface area contributed by atoms with Crippen LogP contribution in [0.2, 0.25) is 15.7 Å². The smallest absolute Gasteiger partial charge is 0.445 e. The van der Waals surface area contributed by atoms with Gasteiger partial charge in [0.1, 0.15) is 27.8 Å². The number of nitrogens with one attached hydrogen (secondary N) is 2. The van der Waals surface area contributed by atoms with E-state index in [0.717, 1.165) is 166 Å². The van der Waals surface area contributed by atoms with Crippen molar-refractivity contribution in [1.82, 2.24) is 99.8 Å². The molecule has 0 unspecified atom stereocenters. The Morgan fingerprint density at radius 3 is 1.27 bits per heavy atom. The summed E-state index contributed by atoms with van der Waals surface area (Å²) in [6.45, 7) is 28.6. The fourth-order valence-corrected chi connectivity index (χ4v) is 19.2.